The SMILES string of the molecule is Clc1ccc(NCc2nc(C3CC4CCC3O4)no2)cc1. The van der Waals surface area contributed by atoms with Crippen LogP contribution in [0, 0.1) is 0 Å². The third-order valence-corrected chi connectivity index (χ3v) is 4.46. The smallest absolute Gasteiger partial charge is 0.245 e. The average molecular weight is 306 g/mol. The minimum atomic E-state index is 0.282. The summed E-state index contributed by atoms with van der Waals surface area (Å²) in [6, 6.07) is 7.53. The Morgan fingerprint density at radius 2 is 2.10 bits per heavy atom. The predicted molar refractivity (Wildman–Crippen MR) is 78.3 cm³/mol. The van der Waals surface area contributed by atoms with Gasteiger partial charge >= 0.3 is 0 Å². The maximum absolute atomic E-state index is 5.86. The second kappa shape index (κ2) is 5.31. The first kappa shape index (κ1) is 13.1. The Morgan fingerprint density at radius 1 is 1.24 bits per heavy atom. The number of halogens is 1. The Labute approximate surface area is 127 Å². The Kier molecular flexibility index (Phi) is 3.31. The van der Waals surface area contributed by atoms with Gasteiger partial charge in [0, 0.05) is 10.7 Å². The van der Waals surface area contributed by atoms with Gasteiger partial charge in [0.15, 0.2) is 5.82 Å². The largest absolute Gasteiger partial charge is 0.376 e. The Morgan fingerprint density at radius 3 is 2.81 bits per heavy atom. The summed E-state index contributed by atoms with van der Waals surface area (Å²) in [6.45, 7) is 0.510. The molecule has 5 nitrogen and oxygen atoms in total. The summed E-state index contributed by atoms with van der Waals surface area (Å²) in [6.07, 6.45) is 3.99. The number of fused-ring (bicyclic) bond motifs is 2. The number of nitrogens with zero attached hydrogens (tertiary/aromatic N) is 2. The minimum Gasteiger partial charge on any atom is -0.376 e. The summed E-state index contributed by atoms with van der Waals surface area (Å²) in [4.78, 5) is 4.50. The molecule has 2 fully saturated rings. The molecule has 2 aliphatic heterocycles. The highest BCUT2D eigenvalue weighted by molar-refractivity contribution is 6.30. The van der Waals surface area contributed by atoms with E-state index in [1.54, 1.807) is 0 Å². The highest BCUT2D eigenvalue weighted by atomic mass is 35.5. The van der Waals surface area contributed by atoms with Crippen molar-refractivity contribution in [2.75, 3.05) is 5.32 Å². The van der Waals surface area contributed by atoms with Crippen LogP contribution in [0.2, 0.25) is 5.02 Å². The van der Waals surface area contributed by atoms with E-state index in [4.69, 9.17) is 20.9 Å². The van der Waals surface area contributed by atoms with Crippen LogP contribution >= 0.6 is 11.6 Å². The fourth-order valence-electron chi connectivity index (χ4n) is 3.15. The number of rotatable bonds is 4. The molecule has 2 aromatic rings. The van der Waals surface area contributed by atoms with E-state index >= 15 is 0 Å². The van der Waals surface area contributed by atoms with Crippen LogP contribution in [0.1, 0.15) is 36.9 Å². The maximum atomic E-state index is 5.86. The van der Waals surface area contributed by atoms with Gasteiger partial charge in [-0.25, -0.2) is 0 Å². The molecule has 21 heavy (non-hydrogen) atoms. The third-order valence-electron chi connectivity index (χ3n) is 4.21. The van der Waals surface area contributed by atoms with Gasteiger partial charge in [-0.05, 0) is 43.5 Å². The first-order valence-electron chi connectivity index (χ1n) is 7.25. The van der Waals surface area contributed by atoms with E-state index in [0.717, 1.165) is 29.4 Å². The normalized spacial score (nSPS) is 27.2. The number of anilines is 1. The molecular weight excluding hydrogens is 290 g/mol. The summed E-state index contributed by atoms with van der Waals surface area (Å²) in [5, 5.41) is 8.08. The van der Waals surface area contributed by atoms with Gasteiger partial charge in [-0.2, -0.15) is 4.98 Å². The van der Waals surface area contributed by atoms with Crippen molar-refractivity contribution in [2.45, 2.75) is 43.9 Å². The fourth-order valence-corrected chi connectivity index (χ4v) is 3.27. The molecule has 0 radical (unpaired) electrons. The van der Waals surface area contributed by atoms with Crippen LogP contribution in [0.25, 0.3) is 0 Å². The van der Waals surface area contributed by atoms with Crippen molar-refractivity contribution in [3.63, 3.8) is 0 Å². The van der Waals surface area contributed by atoms with Crippen molar-refractivity contribution in [1.82, 2.24) is 10.1 Å². The lowest BCUT2D eigenvalue weighted by atomic mass is 9.89. The van der Waals surface area contributed by atoms with Gasteiger partial charge in [0.2, 0.25) is 5.89 Å². The molecule has 110 valence electrons. The molecular formula is C15H16ClN3O2. The summed E-state index contributed by atoms with van der Waals surface area (Å²) in [5.41, 5.74) is 0.974. The summed E-state index contributed by atoms with van der Waals surface area (Å²) in [5.74, 6) is 1.69. The van der Waals surface area contributed by atoms with Crippen molar-refractivity contribution in [2.24, 2.45) is 0 Å². The molecule has 1 N–H and O–H groups in total. The van der Waals surface area contributed by atoms with Crippen molar-refractivity contribution in [3.05, 3.63) is 41.0 Å². The monoisotopic (exact) mass is 305 g/mol. The lowest BCUT2D eigenvalue weighted by molar-refractivity contribution is 0.0996. The molecule has 4 rings (SSSR count). The molecule has 2 bridgehead atoms. The Bertz CT molecular complexity index is 628. The molecule has 0 amide bonds. The van der Waals surface area contributed by atoms with Gasteiger partial charge in [-0.1, -0.05) is 16.8 Å². The Balaban J connectivity index is 1.39. The summed E-state index contributed by atoms with van der Waals surface area (Å²) >= 11 is 5.86. The van der Waals surface area contributed by atoms with Gasteiger partial charge in [0.05, 0.1) is 24.7 Å². The van der Waals surface area contributed by atoms with Crippen LogP contribution < -0.4 is 5.32 Å². The van der Waals surface area contributed by atoms with Crippen molar-refractivity contribution in [1.29, 1.82) is 0 Å². The molecule has 0 spiro atoms. The zero-order valence-corrected chi connectivity index (χ0v) is 12.2. The maximum Gasteiger partial charge on any atom is 0.245 e. The molecule has 6 heteroatoms. The first-order valence-corrected chi connectivity index (χ1v) is 7.63. The van der Waals surface area contributed by atoms with Crippen LogP contribution in [-0.2, 0) is 11.3 Å². The van der Waals surface area contributed by atoms with Crippen molar-refractivity contribution < 1.29 is 9.26 Å². The van der Waals surface area contributed by atoms with Gasteiger partial charge in [0.1, 0.15) is 0 Å². The van der Waals surface area contributed by atoms with Crippen LogP contribution in [0.15, 0.2) is 28.8 Å². The van der Waals surface area contributed by atoms with Crippen LogP contribution in [0.4, 0.5) is 5.69 Å². The molecule has 3 heterocycles. The van der Waals surface area contributed by atoms with E-state index in [1.807, 2.05) is 24.3 Å². The van der Waals surface area contributed by atoms with E-state index in [0.29, 0.717) is 24.5 Å². The molecule has 2 aliphatic rings. The number of hydrogen-bond donors (Lipinski definition) is 1. The zero-order chi connectivity index (χ0) is 14.2. The number of ether oxygens (including phenoxy) is 1. The van der Waals surface area contributed by atoms with Gasteiger partial charge < -0.3 is 14.6 Å². The third kappa shape index (κ3) is 2.63. The standard InChI is InChI=1S/C15H16ClN3O2/c16-9-1-3-10(4-2-9)17-8-14-18-15(19-21-14)12-7-11-5-6-13(12)20-11/h1-4,11-13,17H,5-8H2. The van der Waals surface area contributed by atoms with E-state index in [1.165, 1.54) is 6.42 Å². The first-order chi connectivity index (χ1) is 10.3. The van der Waals surface area contributed by atoms with E-state index in [-0.39, 0.29) is 6.10 Å². The van der Waals surface area contributed by atoms with E-state index in [9.17, 15) is 0 Å². The van der Waals surface area contributed by atoms with Gasteiger partial charge in [0.25, 0.3) is 0 Å². The van der Waals surface area contributed by atoms with Crippen LogP contribution in [0.5, 0.6) is 0 Å². The summed E-state index contributed by atoms with van der Waals surface area (Å²) < 4.78 is 11.2. The number of benzene rings is 1. The molecule has 3 atom stereocenters. The second-order valence-electron chi connectivity index (χ2n) is 5.62. The average Bonchev–Trinajstić information content (AvgIpc) is 3.22. The topological polar surface area (TPSA) is 60.2 Å². The van der Waals surface area contributed by atoms with Crippen molar-refractivity contribution in [3.8, 4) is 0 Å². The molecule has 3 unspecified atom stereocenters. The number of aromatic nitrogens is 2. The van der Waals surface area contributed by atoms with Crippen LogP contribution in [0.3, 0.4) is 0 Å². The van der Waals surface area contributed by atoms with Crippen molar-refractivity contribution >= 4 is 17.3 Å². The molecule has 1 aromatic heterocycles. The summed E-state index contributed by atoms with van der Waals surface area (Å²) in [7, 11) is 0. The van der Waals surface area contributed by atoms with E-state index < -0.39 is 0 Å². The molecule has 0 saturated carbocycles. The number of hydrogen-bond acceptors (Lipinski definition) is 5. The molecule has 1 aromatic carbocycles. The highest BCUT2D eigenvalue weighted by Crippen LogP contribution is 2.43. The zero-order valence-electron chi connectivity index (χ0n) is 11.5. The van der Waals surface area contributed by atoms with Gasteiger partial charge in [-0.3, -0.25) is 0 Å². The van der Waals surface area contributed by atoms with Crippen LogP contribution in [-0.4, -0.2) is 22.3 Å². The van der Waals surface area contributed by atoms with E-state index in [2.05, 4.69) is 15.5 Å². The minimum absolute atomic E-state index is 0.282. The predicted octanol–water partition coefficient (Wildman–Crippen LogP) is 3.37. The second-order valence-corrected chi connectivity index (χ2v) is 6.06. The Hall–Kier alpha value is -1.59. The quantitative estimate of drug-likeness (QED) is 0.938. The fraction of sp³-hybridized carbons (Fsp3) is 0.467. The lowest BCUT2D eigenvalue weighted by Crippen LogP contribution is -2.15. The molecule has 0 aliphatic carbocycles. The lowest BCUT2D eigenvalue weighted by Gasteiger charge is -2.13. The number of nitrogens with one attached hydrogen (secondary N) is 1. The highest BCUT2D eigenvalue weighted by Gasteiger charge is 2.43. The van der Waals surface area contributed by atoms with Gasteiger partial charge in [-0.15, -0.1) is 0 Å². The molecule has 2 saturated heterocycles.